The highest BCUT2D eigenvalue weighted by molar-refractivity contribution is 5.82. The fraction of sp³-hybridized carbons (Fsp3) is 0.500. The molecule has 1 fully saturated rings. The second-order valence-electron chi connectivity index (χ2n) is 6.58. The summed E-state index contributed by atoms with van der Waals surface area (Å²) < 4.78 is 16.2. The number of benzene rings is 1. The summed E-state index contributed by atoms with van der Waals surface area (Å²) in [6.07, 6.45) is -1.35. The standard InChI is InChI=1S/C18H20O7/c19-13-8-23-18(16(21)15(13)20)24-9-5-6-11-10-3-1-2-4-12(10)17(22)25-14(11)7-9/h5-7,13,15-16,18-21H,1-4,8H2/t13-,15-,16+,18+/m0/s1. The second-order valence-corrected chi connectivity index (χ2v) is 6.58. The number of aliphatic hydroxyl groups excluding tert-OH is 3. The lowest BCUT2D eigenvalue weighted by Crippen LogP contribution is -2.54. The molecule has 1 aromatic carbocycles. The van der Waals surface area contributed by atoms with Gasteiger partial charge in [-0.1, -0.05) is 0 Å². The van der Waals surface area contributed by atoms with E-state index in [0.717, 1.165) is 42.2 Å². The molecule has 4 rings (SSSR count). The molecule has 2 heterocycles. The smallest absolute Gasteiger partial charge is 0.339 e. The van der Waals surface area contributed by atoms with Gasteiger partial charge in [-0.25, -0.2) is 4.79 Å². The van der Waals surface area contributed by atoms with E-state index in [1.807, 2.05) is 6.07 Å². The lowest BCUT2D eigenvalue weighted by atomic mass is 9.91. The van der Waals surface area contributed by atoms with Crippen molar-refractivity contribution in [2.24, 2.45) is 0 Å². The summed E-state index contributed by atoms with van der Waals surface area (Å²) in [5.41, 5.74) is 1.91. The summed E-state index contributed by atoms with van der Waals surface area (Å²) in [6, 6.07) is 5.13. The molecule has 0 unspecified atom stereocenters. The average Bonchev–Trinajstić information content (AvgIpc) is 2.62. The molecule has 2 aromatic rings. The Labute approximate surface area is 143 Å². The van der Waals surface area contributed by atoms with Crippen LogP contribution in [-0.4, -0.2) is 46.5 Å². The number of hydrogen-bond acceptors (Lipinski definition) is 7. The van der Waals surface area contributed by atoms with Gasteiger partial charge in [-0.15, -0.1) is 0 Å². The van der Waals surface area contributed by atoms with Crippen LogP contribution in [0.2, 0.25) is 0 Å². The minimum Gasteiger partial charge on any atom is -0.462 e. The van der Waals surface area contributed by atoms with Crippen LogP contribution in [-0.2, 0) is 17.6 Å². The maximum absolute atomic E-state index is 12.2. The van der Waals surface area contributed by atoms with Crippen molar-refractivity contribution in [2.75, 3.05) is 6.61 Å². The van der Waals surface area contributed by atoms with E-state index in [1.165, 1.54) is 0 Å². The quantitative estimate of drug-likeness (QED) is 0.678. The molecule has 7 heteroatoms. The number of aryl methyl sites for hydroxylation is 1. The van der Waals surface area contributed by atoms with Crippen molar-refractivity contribution in [2.45, 2.75) is 50.3 Å². The van der Waals surface area contributed by atoms with Crippen LogP contribution in [0.4, 0.5) is 0 Å². The zero-order valence-corrected chi connectivity index (χ0v) is 13.6. The molecule has 134 valence electrons. The zero-order valence-electron chi connectivity index (χ0n) is 13.6. The van der Waals surface area contributed by atoms with Gasteiger partial charge >= 0.3 is 5.63 Å². The SMILES string of the molecule is O=c1oc2cc(O[C@H]3OC[C@H](O)[C@H](O)[C@H]3O)ccc2c2c1CCCC2. The van der Waals surface area contributed by atoms with Gasteiger partial charge in [0.2, 0.25) is 6.29 Å². The van der Waals surface area contributed by atoms with Crippen LogP contribution in [0.3, 0.4) is 0 Å². The summed E-state index contributed by atoms with van der Waals surface area (Å²) in [7, 11) is 0. The predicted molar refractivity (Wildman–Crippen MR) is 87.5 cm³/mol. The van der Waals surface area contributed by atoms with Crippen molar-refractivity contribution in [1.82, 2.24) is 0 Å². The Balaban J connectivity index is 1.65. The minimum atomic E-state index is -1.38. The van der Waals surface area contributed by atoms with Crippen LogP contribution in [0.15, 0.2) is 27.4 Å². The number of ether oxygens (including phenoxy) is 2. The molecule has 1 aliphatic carbocycles. The summed E-state index contributed by atoms with van der Waals surface area (Å²) in [4.78, 5) is 12.2. The first kappa shape index (κ1) is 16.5. The summed E-state index contributed by atoms with van der Waals surface area (Å²) in [5.74, 6) is 0.346. The molecule has 0 bridgehead atoms. The van der Waals surface area contributed by atoms with Crippen molar-refractivity contribution in [3.05, 3.63) is 39.7 Å². The fourth-order valence-electron chi connectivity index (χ4n) is 3.52. The van der Waals surface area contributed by atoms with Crippen molar-refractivity contribution >= 4 is 11.0 Å². The monoisotopic (exact) mass is 348 g/mol. The molecule has 7 nitrogen and oxygen atoms in total. The molecule has 1 saturated heterocycles. The van der Waals surface area contributed by atoms with Crippen LogP contribution in [0.1, 0.15) is 24.0 Å². The molecular weight excluding hydrogens is 328 g/mol. The van der Waals surface area contributed by atoms with E-state index in [2.05, 4.69) is 0 Å². The Hall–Kier alpha value is -1.93. The third-order valence-electron chi connectivity index (χ3n) is 4.90. The van der Waals surface area contributed by atoms with E-state index in [1.54, 1.807) is 12.1 Å². The first-order valence-electron chi connectivity index (χ1n) is 8.45. The van der Waals surface area contributed by atoms with Gasteiger partial charge < -0.3 is 29.2 Å². The van der Waals surface area contributed by atoms with Crippen LogP contribution < -0.4 is 10.4 Å². The molecule has 1 aromatic heterocycles. The Morgan fingerprint density at radius 1 is 1.04 bits per heavy atom. The Morgan fingerprint density at radius 3 is 2.60 bits per heavy atom. The van der Waals surface area contributed by atoms with Crippen LogP contribution >= 0.6 is 0 Å². The van der Waals surface area contributed by atoms with Gasteiger partial charge in [-0.3, -0.25) is 0 Å². The van der Waals surface area contributed by atoms with Crippen LogP contribution in [0.5, 0.6) is 5.75 Å². The topological polar surface area (TPSA) is 109 Å². The largest absolute Gasteiger partial charge is 0.462 e. The average molecular weight is 348 g/mol. The second kappa shape index (κ2) is 6.42. The normalized spacial score (nSPS) is 29.4. The number of hydrogen-bond donors (Lipinski definition) is 3. The van der Waals surface area contributed by atoms with E-state index >= 15 is 0 Å². The van der Waals surface area contributed by atoms with E-state index in [-0.39, 0.29) is 12.2 Å². The van der Waals surface area contributed by atoms with Crippen LogP contribution in [0, 0.1) is 0 Å². The molecule has 0 spiro atoms. The molecule has 0 amide bonds. The van der Waals surface area contributed by atoms with E-state index in [4.69, 9.17) is 13.9 Å². The summed E-state index contributed by atoms with van der Waals surface area (Å²) in [6.45, 7) is -0.140. The minimum absolute atomic E-state index is 0.140. The van der Waals surface area contributed by atoms with Gasteiger partial charge in [-0.2, -0.15) is 0 Å². The molecule has 0 radical (unpaired) electrons. The van der Waals surface area contributed by atoms with Gasteiger partial charge in [0.15, 0.2) is 0 Å². The molecular formula is C18H20O7. The highest BCUT2D eigenvalue weighted by Crippen LogP contribution is 2.30. The summed E-state index contributed by atoms with van der Waals surface area (Å²) >= 11 is 0. The molecule has 4 atom stereocenters. The predicted octanol–water partition coefficient (Wildman–Crippen LogP) is 0.490. The lowest BCUT2D eigenvalue weighted by molar-refractivity contribution is -0.242. The van der Waals surface area contributed by atoms with E-state index in [9.17, 15) is 20.1 Å². The highest BCUT2D eigenvalue weighted by atomic mass is 16.7. The third-order valence-corrected chi connectivity index (χ3v) is 4.90. The molecule has 25 heavy (non-hydrogen) atoms. The molecule has 2 aliphatic rings. The first-order chi connectivity index (χ1) is 12.0. The van der Waals surface area contributed by atoms with E-state index < -0.39 is 24.6 Å². The maximum atomic E-state index is 12.2. The van der Waals surface area contributed by atoms with E-state index in [0.29, 0.717) is 11.3 Å². The van der Waals surface area contributed by atoms with Crippen LogP contribution in [0.25, 0.3) is 11.0 Å². The van der Waals surface area contributed by atoms with Crippen molar-refractivity contribution in [3.8, 4) is 5.75 Å². The Morgan fingerprint density at radius 2 is 1.80 bits per heavy atom. The zero-order chi connectivity index (χ0) is 17.6. The molecule has 3 N–H and O–H groups in total. The highest BCUT2D eigenvalue weighted by Gasteiger charge is 2.39. The van der Waals surface area contributed by atoms with Gasteiger partial charge in [0, 0.05) is 17.0 Å². The first-order valence-corrected chi connectivity index (χ1v) is 8.45. The van der Waals surface area contributed by atoms with Gasteiger partial charge in [0.1, 0.15) is 29.6 Å². The molecule has 1 aliphatic heterocycles. The fourth-order valence-corrected chi connectivity index (χ4v) is 3.52. The number of aliphatic hydroxyl groups is 3. The Kier molecular flexibility index (Phi) is 4.24. The van der Waals surface area contributed by atoms with Crippen molar-refractivity contribution in [1.29, 1.82) is 0 Å². The third kappa shape index (κ3) is 2.93. The van der Waals surface area contributed by atoms with Gasteiger partial charge in [0.25, 0.3) is 0 Å². The van der Waals surface area contributed by atoms with Crippen molar-refractivity contribution < 1.29 is 29.2 Å². The Bertz CT molecular complexity index is 843. The van der Waals surface area contributed by atoms with Gasteiger partial charge in [0.05, 0.1) is 6.61 Å². The van der Waals surface area contributed by atoms with Crippen molar-refractivity contribution in [3.63, 3.8) is 0 Å². The molecule has 0 saturated carbocycles. The maximum Gasteiger partial charge on any atom is 0.339 e. The lowest BCUT2D eigenvalue weighted by Gasteiger charge is -2.34. The van der Waals surface area contributed by atoms with Gasteiger partial charge in [-0.05, 0) is 43.4 Å². The summed E-state index contributed by atoms with van der Waals surface area (Å²) in [5, 5.41) is 30.0. The number of fused-ring (bicyclic) bond motifs is 3. The number of rotatable bonds is 2.